The molecule has 6 heteroatoms. The minimum absolute atomic E-state index is 0.0737. The molecule has 0 saturated carbocycles. The fraction of sp³-hybridized carbons (Fsp3) is 0.481. The van der Waals surface area contributed by atoms with Gasteiger partial charge in [0, 0.05) is 31.5 Å². The number of rotatable bonds is 5. The monoisotopic (exact) mass is 448 g/mol. The lowest BCUT2D eigenvalue weighted by molar-refractivity contribution is -0.136. The van der Waals surface area contributed by atoms with Crippen molar-refractivity contribution < 1.29 is 9.59 Å². The van der Waals surface area contributed by atoms with Crippen molar-refractivity contribution in [2.24, 2.45) is 0 Å². The molecule has 6 nitrogen and oxygen atoms in total. The summed E-state index contributed by atoms with van der Waals surface area (Å²) >= 11 is 0. The summed E-state index contributed by atoms with van der Waals surface area (Å²) in [7, 11) is 2.14. The van der Waals surface area contributed by atoms with Crippen LogP contribution in [0.1, 0.15) is 53.1 Å². The van der Waals surface area contributed by atoms with Crippen LogP contribution in [0.5, 0.6) is 0 Å². The predicted molar refractivity (Wildman–Crippen MR) is 134 cm³/mol. The summed E-state index contributed by atoms with van der Waals surface area (Å²) in [6, 6.07) is 10.8. The molecule has 1 unspecified atom stereocenters. The number of carbonyl (C=O) groups is 2. The highest BCUT2D eigenvalue weighted by molar-refractivity contribution is 6.39. The van der Waals surface area contributed by atoms with Gasteiger partial charge in [0.25, 0.3) is 0 Å². The van der Waals surface area contributed by atoms with Gasteiger partial charge in [-0.2, -0.15) is 0 Å². The number of hydrogen-bond donors (Lipinski definition) is 2. The first-order valence-corrected chi connectivity index (χ1v) is 12.1. The first-order valence-electron chi connectivity index (χ1n) is 12.1. The van der Waals surface area contributed by atoms with E-state index < -0.39 is 11.8 Å². The number of nitrogens with one attached hydrogen (secondary N) is 2. The molecule has 2 N–H and O–H groups in total. The minimum atomic E-state index is -0.614. The van der Waals surface area contributed by atoms with E-state index in [0.717, 1.165) is 54.9 Å². The van der Waals surface area contributed by atoms with Crippen LogP contribution in [0.15, 0.2) is 30.3 Å². The molecule has 0 aliphatic carbocycles. The van der Waals surface area contributed by atoms with Gasteiger partial charge in [0.15, 0.2) is 0 Å². The molecule has 4 rings (SSSR count). The van der Waals surface area contributed by atoms with Crippen molar-refractivity contribution in [1.29, 1.82) is 0 Å². The van der Waals surface area contributed by atoms with Crippen LogP contribution in [0.4, 0.5) is 11.4 Å². The average Bonchev–Trinajstić information content (AvgIpc) is 3.30. The van der Waals surface area contributed by atoms with Crippen LogP contribution in [0, 0.1) is 20.8 Å². The molecule has 33 heavy (non-hydrogen) atoms. The zero-order chi connectivity index (χ0) is 23.5. The number of amides is 2. The van der Waals surface area contributed by atoms with E-state index in [4.69, 9.17) is 0 Å². The Morgan fingerprint density at radius 1 is 0.939 bits per heavy atom. The Morgan fingerprint density at radius 2 is 1.64 bits per heavy atom. The number of aryl methyl sites for hydroxylation is 4. The highest BCUT2D eigenvalue weighted by Crippen LogP contribution is 2.32. The number of fused-ring (bicyclic) bond motifs is 1. The molecule has 1 fully saturated rings. The van der Waals surface area contributed by atoms with Crippen molar-refractivity contribution >= 4 is 23.2 Å². The number of benzene rings is 2. The molecule has 0 spiro atoms. The maximum absolute atomic E-state index is 12.7. The molecule has 2 aromatic rings. The molecular weight excluding hydrogens is 412 g/mol. The number of likely N-dealkylation sites (tertiary alicyclic amines) is 1. The maximum atomic E-state index is 12.7. The number of carbonyl (C=O) groups excluding carboxylic acids is 2. The van der Waals surface area contributed by atoms with E-state index in [1.165, 1.54) is 29.7 Å². The Bertz CT molecular complexity index is 1020. The van der Waals surface area contributed by atoms with Gasteiger partial charge in [0.1, 0.15) is 0 Å². The Hall–Kier alpha value is -2.86. The summed E-state index contributed by atoms with van der Waals surface area (Å²) in [5.41, 5.74) is 7.67. The minimum Gasteiger partial charge on any atom is -0.374 e. The number of anilines is 2. The molecule has 2 aliphatic heterocycles. The highest BCUT2D eigenvalue weighted by atomic mass is 16.2. The van der Waals surface area contributed by atoms with Gasteiger partial charge in [0.2, 0.25) is 0 Å². The van der Waals surface area contributed by atoms with Gasteiger partial charge in [-0.15, -0.1) is 0 Å². The van der Waals surface area contributed by atoms with E-state index in [2.05, 4.69) is 45.7 Å². The van der Waals surface area contributed by atoms with E-state index in [1.54, 1.807) is 0 Å². The number of nitrogens with zero attached hydrogens (tertiary/aromatic N) is 2. The van der Waals surface area contributed by atoms with Crippen molar-refractivity contribution in [3.05, 3.63) is 58.1 Å². The van der Waals surface area contributed by atoms with Crippen molar-refractivity contribution in [3.8, 4) is 0 Å². The van der Waals surface area contributed by atoms with Gasteiger partial charge < -0.3 is 15.5 Å². The molecule has 2 heterocycles. The maximum Gasteiger partial charge on any atom is 0.313 e. The molecule has 1 atom stereocenters. The normalized spacial score (nSPS) is 16.9. The van der Waals surface area contributed by atoms with Gasteiger partial charge in [-0.05, 0) is 87.9 Å². The molecular formula is C27H36N4O2. The largest absolute Gasteiger partial charge is 0.374 e. The van der Waals surface area contributed by atoms with E-state index in [0.29, 0.717) is 6.54 Å². The van der Waals surface area contributed by atoms with Gasteiger partial charge in [0.05, 0.1) is 6.04 Å². The Balaban J connectivity index is 1.46. The van der Waals surface area contributed by atoms with Crippen LogP contribution < -0.4 is 15.5 Å². The van der Waals surface area contributed by atoms with Crippen molar-refractivity contribution in [1.82, 2.24) is 10.2 Å². The third-order valence-electron chi connectivity index (χ3n) is 7.00. The Labute approximate surface area is 197 Å². The second-order valence-corrected chi connectivity index (χ2v) is 9.61. The topological polar surface area (TPSA) is 64.7 Å². The van der Waals surface area contributed by atoms with Crippen molar-refractivity contribution in [2.45, 2.75) is 52.5 Å². The quantitative estimate of drug-likeness (QED) is 0.682. The van der Waals surface area contributed by atoms with Crippen LogP contribution in [-0.4, -0.2) is 49.9 Å². The predicted octanol–water partition coefficient (Wildman–Crippen LogP) is 3.89. The summed E-state index contributed by atoms with van der Waals surface area (Å²) in [6.45, 7) is 9.47. The van der Waals surface area contributed by atoms with E-state index >= 15 is 0 Å². The van der Waals surface area contributed by atoms with E-state index in [-0.39, 0.29) is 6.04 Å². The molecule has 1 saturated heterocycles. The smallest absolute Gasteiger partial charge is 0.313 e. The Kier molecular flexibility index (Phi) is 7.03. The summed E-state index contributed by atoms with van der Waals surface area (Å²) in [6.07, 6.45) is 4.59. The molecule has 0 aromatic heterocycles. The van der Waals surface area contributed by atoms with Crippen LogP contribution in [0.2, 0.25) is 0 Å². The molecule has 2 aromatic carbocycles. The summed E-state index contributed by atoms with van der Waals surface area (Å²) < 4.78 is 0. The van der Waals surface area contributed by atoms with Gasteiger partial charge in [-0.25, -0.2) is 0 Å². The van der Waals surface area contributed by atoms with Crippen LogP contribution in [0.25, 0.3) is 0 Å². The lowest BCUT2D eigenvalue weighted by atomic mass is 9.96. The third-order valence-corrected chi connectivity index (χ3v) is 7.00. The first kappa shape index (κ1) is 23.3. The second-order valence-electron chi connectivity index (χ2n) is 9.61. The van der Waals surface area contributed by atoms with Gasteiger partial charge in [-0.3, -0.25) is 14.5 Å². The SMILES string of the molecule is Cc1cc(C)c(NC(=O)C(=O)NCC(c2ccc3c(c2)CCCN3C)N2CCCC2)c(C)c1. The number of hydrogen-bond acceptors (Lipinski definition) is 4. The van der Waals surface area contributed by atoms with Gasteiger partial charge >= 0.3 is 11.8 Å². The fourth-order valence-corrected chi connectivity index (χ4v) is 5.34. The lowest BCUT2D eigenvalue weighted by Gasteiger charge is -2.31. The lowest BCUT2D eigenvalue weighted by Crippen LogP contribution is -2.41. The molecule has 0 radical (unpaired) electrons. The average molecular weight is 449 g/mol. The third kappa shape index (κ3) is 5.22. The van der Waals surface area contributed by atoms with Gasteiger partial charge in [-0.1, -0.05) is 29.8 Å². The van der Waals surface area contributed by atoms with Crippen molar-refractivity contribution in [2.75, 3.05) is 43.4 Å². The highest BCUT2D eigenvalue weighted by Gasteiger charge is 2.26. The molecule has 0 bridgehead atoms. The standard InChI is InChI=1S/C27H36N4O2/c1-18-14-19(2)25(20(3)15-18)29-27(33)26(32)28-17-24(31-12-5-6-13-31)22-9-10-23-21(16-22)8-7-11-30(23)4/h9-10,14-16,24H,5-8,11-13,17H2,1-4H3,(H,28,32)(H,29,33). The summed E-state index contributed by atoms with van der Waals surface area (Å²) in [4.78, 5) is 30.1. The summed E-state index contributed by atoms with van der Waals surface area (Å²) in [5.74, 6) is -1.20. The Morgan fingerprint density at radius 3 is 2.33 bits per heavy atom. The molecule has 2 aliphatic rings. The fourth-order valence-electron chi connectivity index (χ4n) is 5.34. The van der Waals surface area contributed by atoms with E-state index in [1.807, 2.05) is 32.9 Å². The second kappa shape index (κ2) is 9.96. The first-order chi connectivity index (χ1) is 15.8. The molecule has 2 amide bonds. The van der Waals surface area contributed by atoms with Crippen LogP contribution in [-0.2, 0) is 16.0 Å². The molecule has 176 valence electrons. The van der Waals surface area contributed by atoms with Crippen LogP contribution in [0.3, 0.4) is 0 Å². The zero-order valence-corrected chi connectivity index (χ0v) is 20.3. The van der Waals surface area contributed by atoms with Crippen LogP contribution >= 0.6 is 0 Å². The van der Waals surface area contributed by atoms with Crippen molar-refractivity contribution in [3.63, 3.8) is 0 Å². The summed E-state index contributed by atoms with van der Waals surface area (Å²) in [5, 5.41) is 5.73. The van der Waals surface area contributed by atoms with E-state index in [9.17, 15) is 9.59 Å². The zero-order valence-electron chi connectivity index (χ0n) is 20.3.